The zero-order chi connectivity index (χ0) is 17.1. The molecule has 2 heterocycles. The Hall–Kier alpha value is -2.08. The van der Waals surface area contributed by atoms with Crippen molar-refractivity contribution in [2.75, 3.05) is 26.7 Å². The van der Waals surface area contributed by atoms with Gasteiger partial charge in [-0.25, -0.2) is 0 Å². The van der Waals surface area contributed by atoms with Crippen LogP contribution in [0.2, 0.25) is 0 Å². The molecule has 0 spiro atoms. The molecule has 0 saturated carbocycles. The Bertz CT molecular complexity index is 619. The highest BCUT2D eigenvalue weighted by Gasteiger charge is 2.38. The monoisotopic (exact) mass is 331 g/mol. The molecule has 130 valence electrons. The number of benzene rings is 1. The second kappa shape index (κ2) is 7.21. The molecule has 6 nitrogen and oxygen atoms in total. The molecule has 1 aromatic carbocycles. The van der Waals surface area contributed by atoms with Crippen molar-refractivity contribution in [2.45, 2.75) is 37.8 Å². The normalized spacial score (nSPS) is 24.3. The van der Waals surface area contributed by atoms with Crippen molar-refractivity contribution in [1.82, 2.24) is 9.80 Å². The van der Waals surface area contributed by atoms with E-state index < -0.39 is 5.91 Å². The van der Waals surface area contributed by atoms with Crippen molar-refractivity contribution < 1.29 is 14.3 Å². The molecule has 6 heteroatoms. The van der Waals surface area contributed by atoms with E-state index in [0.29, 0.717) is 23.4 Å². The van der Waals surface area contributed by atoms with E-state index in [0.717, 1.165) is 32.4 Å². The van der Waals surface area contributed by atoms with Gasteiger partial charge in [-0.2, -0.15) is 0 Å². The lowest BCUT2D eigenvalue weighted by Gasteiger charge is -2.33. The number of rotatable bonds is 5. The van der Waals surface area contributed by atoms with E-state index in [1.54, 1.807) is 24.3 Å². The second-order valence-corrected chi connectivity index (χ2v) is 6.67. The number of primary amides is 1. The number of carbonyl (C=O) groups excluding carboxylic acids is 2. The highest BCUT2D eigenvalue weighted by atomic mass is 16.5. The van der Waals surface area contributed by atoms with Gasteiger partial charge in [0.05, 0.1) is 0 Å². The van der Waals surface area contributed by atoms with Gasteiger partial charge in [0.25, 0.3) is 5.91 Å². The summed E-state index contributed by atoms with van der Waals surface area (Å²) in [6.07, 6.45) is 4.48. The average Bonchev–Trinajstić information content (AvgIpc) is 3.21. The molecule has 0 bridgehead atoms. The smallest absolute Gasteiger partial charge is 0.260 e. The first-order valence-corrected chi connectivity index (χ1v) is 8.58. The third-order valence-electron chi connectivity index (χ3n) is 5.12. The molecule has 1 aromatic rings. The van der Waals surface area contributed by atoms with Gasteiger partial charge in [0.15, 0.2) is 6.61 Å². The number of hydrogen-bond acceptors (Lipinski definition) is 4. The van der Waals surface area contributed by atoms with Crippen LogP contribution in [0.3, 0.4) is 0 Å². The molecule has 0 aliphatic carbocycles. The molecule has 3 rings (SSSR count). The molecule has 2 unspecified atom stereocenters. The number of carbonyl (C=O) groups is 2. The van der Waals surface area contributed by atoms with Gasteiger partial charge < -0.3 is 20.3 Å². The molecule has 2 atom stereocenters. The number of hydrogen-bond donors (Lipinski definition) is 1. The summed E-state index contributed by atoms with van der Waals surface area (Å²) < 4.78 is 5.60. The maximum Gasteiger partial charge on any atom is 0.260 e. The Morgan fingerprint density at radius 3 is 2.67 bits per heavy atom. The highest BCUT2D eigenvalue weighted by molar-refractivity contribution is 5.93. The fraction of sp³-hybridized carbons (Fsp3) is 0.556. The number of likely N-dealkylation sites (tertiary alicyclic amines) is 2. The lowest BCUT2D eigenvalue weighted by atomic mass is 10.0. The molecule has 2 saturated heterocycles. The lowest BCUT2D eigenvalue weighted by Crippen LogP contribution is -2.48. The number of nitrogens with zero attached hydrogens (tertiary/aromatic N) is 2. The third kappa shape index (κ3) is 3.53. The summed E-state index contributed by atoms with van der Waals surface area (Å²) in [5.41, 5.74) is 5.65. The molecule has 24 heavy (non-hydrogen) atoms. The van der Waals surface area contributed by atoms with E-state index >= 15 is 0 Å². The van der Waals surface area contributed by atoms with Crippen LogP contribution in [0.25, 0.3) is 0 Å². The molecular formula is C18H25N3O3. The van der Waals surface area contributed by atoms with Gasteiger partial charge in [-0.05, 0) is 57.5 Å². The molecule has 2 fully saturated rings. The minimum absolute atomic E-state index is 0.00481. The number of likely N-dealkylation sites (N-methyl/N-ethyl adjacent to an activating group) is 1. The summed E-state index contributed by atoms with van der Waals surface area (Å²) in [5, 5.41) is 0. The number of nitrogens with two attached hydrogens (primary N) is 1. The molecule has 2 aliphatic heterocycles. The standard InChI is InChI=1S/C18H25N3O3/c1-20-9-3-7-15(20)16-8-4-10-21(16)17(22)12-24-14-6-2-5-13(11-14)18(19)23/h2,5-6,11,15-16H,3-4,7-10,12H2,1H3,(H2,19,23). The maximum atomic E-state index is 12.6. The van der Waals surface area contributed by atoms with Crippen LogP contribution in [0, 0.1) is 0 Å². The Morgan fingerprint density at radius 1 is 1.21 bits per heavy atom. The van der Waals surface area contributed by atoms with Crippen LogP contribution in [-0.2, 0) is 4.79 Å². The maximum absolute atomic E-state index is 12.6. The molecule has 2 amide bonds. The van der Waals surface area contributed by atoms with Gasteiger partial charge in [0, 0.05) is 24.2 Å². The average molecular weight is 331 g/mol. The first-order valence-electron chi connectivity index (χ1n) is 8.58. The van der Waals surface area contributed by atoms with Crippen molar-refractivity contribution in [3.63, 3.8) is 0 Å². The van der Waals surface area contributed by atoms with Crippen LogP contribution >= 0.6 is 0 Å². The van der Waals surface area contributed by atoms with E-state index in [4.69, 9.17) is 10.5 Å². The summed E-state index contributed by atoms with van der Waals surface area (Å²) in [7, 11) is 2.14. The van der Waals surface area contributed by atoms with Crippen LogP contribution < -0.4 is 10.5 Å². The zero-order valence-corrected chi connectivity index (χ0v) is 14.1. The summed E-state index contributed by atoms with van der Waals surface area (Å²) >= 11 is 0. The predicted octanol–water partition coefficient (Wildman–Crippen LogP) is 1.25. The Balaban J connectivity index is 1.60. The highest BCUT2D eigenvalue weighted by Crippen LogP contribution is 2.29. The van der Waals surface area contributed by atoms with Gasteiger partial charge in [0.2, 0.25) is 5.91 Å². The first-order chi connectivity index (χ1) is 11.6. The van der Waals surface area contributed by atoms with E-state index in [1.165, 1.54) is 6.42 Å². The van der Waals surface area contributed by atoms with Crippen molar-refractivity contribution >= 4 is 11.8 Å². The predicted molar refractivity (Wildman–Crippen MR) is 90.8 cm³/mol. The quantitative estimate of drug-likeness (QED) is 0.881. The fourth-order valence-corrected chi connectivity index (χ4v) is 3.89. The van der Waals surface area contributed by atoms with Gasteiger partial charge >= 0.3 is 0 Å². The third-order valence-corrected chi connectivity index (χ3v) is 5.12. The Kier molecular flexibility index (Phi) is 5.04. The van der Waals surface area contributed by atoms with E-state index in [-0.39, 0.29) is 12.5 Å². The van der Waals surface area contributed by atoms with Crippen LogP contribution in [0.15, 0.2) is 24.3 Å². The van der Waals surface area contributed by atoms with Gasteiger partial charge in [-0.15, -0.1) is 0 Å². The Labute approximate surface area is 142 Å². The number of amides is 2. The fourth-order valence-electron chi connectivity index (χ4n) is 3.89. The van der Waals surface area contributed by atoms with Crippen LogP contribution in [0.5, 0.6) is 5.75 Å². The lowest BCUT2D eigenvalue weighted by molar-refractivity contribution is -0.135. The van der Waals surface area contributed by atoms with Crippen LogP contribution in [0.4, 0.5) is 0 Å². The zero-order valence-electron chi connectivity index (χ0n) is 14.1. The Morgan fingerprint density at radius 2 is 1.96 bits per heavy atom. The number of ether oxygens (including phenoxy) is 1. The van der Waals surface area contributed by atoms with Gasteiger partial charge in [-0.3, -0.25) is 9.59 Å². The summed E-state index contributed by atoms with van der Waals surface area (Å²) in [6.45, 7) is 1.91. The minimum atomic E-state index is -0.504. The summed E-state index contributed by atoms with van der Waals surface area (Å²) in [4.78, 5) is 28.2. The van der Waals surface area contributed by atoms with E-state index in [2.05, 4.69) is 11.9 Å². The summed E-state index contributed by atoms with van der Waals surface area (Å²) in [6, 6.07) is 7.39. The molecule has 0 aromatic heterocycles. The van der Waals surface area contributed by atoms with Crippen molar-refractivity contribution in [2.24, 2.45) is 5.73 Å². The van der Waals surface area contributed by atoms with Gasteiger partial charge in [0.1, 0.15) is 5.75 Å². The van der Waals surface area contributed by atoms with E-state index in [9.17, 15) is 9.59 Å². The SMILES string of the molecule is CN1CCCC1C1CCCN1C(=O)COc1cccc(C(N)=O)c1. The van der Waals surface area contributed by atoms with Crippen molar-refractivity contribution in [3.05, 3.63) is 29.8 Å². The van der Waals surface area contributed by atoms with Crippen molar-refractivity contribution in [1.29, 1.82) is 0 Å². The summed E-state index contributed by atoms with van der Waals surface area (Å²) in [5.74, 6) is 0.00585. The van der Waals surface area contributed by atoms with E-state index in [1.807, 2.05) is 4.90 Å². The van der Waals surface area contributed by atoms with Crippen LogP contribution in [0.1, 0.15) is 36.0 Å². The largest absolute Gasteiger partial charge is 0.484 e. The second-order valence-electron chi connectivity index (χ2n) is 6.67. The topological polar surface area (TPSA) is 75.9 Å². The van der Waals surface area contributed by atoms with Crippen LogP contribution in [-0.4, -0.2) is 60.4 Å². The molecule has 2 N–H and O–H groups in total. The van der Waals surface area contributed by atoms with Crippen molar-refractivity contribution in [3.8, 4) is 5.75 Å². The molecule has 0 radical (unpaired) electrons. The molecule has 2 aliphatic rings. The minimum Gasteiger partial charge on any atom is -0.484 e. The van der Waals surface area contributed by atoms with Gasteiger partial charge in [-0.1, -0.05) is 6.07 Å². The first kappa shape index (κ1) is 16.8. The molecular weight excluding hydrogens is 306 g/mol.